The summed E-state index contributed by atoms with van der Waals surface area (Å²) < 4.78 is 38.4. The topological polar surface area (TPSA) is 32.9 Å². The van der Waals surface area contributed by atoms with Gasteiger partial charge in [0.25, 0.3) is 0 Å². The Morgan fingerprint density at radius 1 is 1.29 bits per heavy atom. The zero-order valence-corrected chi connectivity index (χ0v) is 9.06. The van der Waals surface area contributed by atoms with Gasteiger partial charge in [-0.3, -0.25) is 4.79 Å². The van der Waals surface area contributed by atoms with Crippen molar-refractivity contribution in [2.45, 2.75) is 19.5 Å². The largest absolute Gasteiger partial charge is 0.431 e. The van der Waals surface area contributed by atoms with Crippen molar-refractivity contribution >= 4 is 16.7 Å². The van der Waals surface area contributed by atoms with Crippen molar-refractivity contribution < 1.29 is 18.0 Å². The Morgan fingerprint density at radius 2 is 1.94 bits per heavy atom. The number of H-pyrrole nitrogens is 1. The van der Waals surface area contributed by atoms with E-state index in [1.807, 2.05) is 0 Å². The van der Waals surface area contributed by atoms with Crippen molar-refractivity contribution in [3.63, 3.8) is 0 Å². The number of halogens is 3. The fourth-order valence-corrected chi connectivity index (χ4v) is 1.87. The summed E-state index contributed by atoms with van der Waals surface area (Å²) in [4.78, 5) is 13.4. The molecule has 0 amide bonds. The van der Waals surface area contributed by atoms with E-state index in [1.54, 1.807) is 24.3 Å². The first-order chi connectivity index (χ1) is 7.89. The van der Waals surface area contributed by atoms with Crippen molar-refractivity contribution in [3.8, 4) is 0 Å². The minimum atomic E-state index is -4.47. The van der Waals surface area contributed by atoms with Crippen LogP contribution in [0.3, 0.4) is 0 Å². The molecule has 0 saturated carbocycles. The van der Waals surface area contributed by atoms with E-state index < -0.39 is 11.9 Å². The number of benzene rings is 1. The van der Waals surface area contributed by atoms with Gasteiger partial charge in [-0.05, 0) is 18.6 Å². The zero-order valence-electron chi connectivity index (χ0n) is 9.06. The zero-order chi connectivity index (χ0) is 12.6. The van der Waals surface area contributed by atoms with Crippen LogP contribution in [0.15, 0.2) is 24.3 Å². The number of aromatic nitrogens is 1. The van der Waals surface area contributed by atoms with Crippen molar-refractivity contribution in [2.75, 3.05) is 0 Å². The smallest absolute Gasteiger partial charge is 0.351 e. The van der Waals surface area contributed by atoms with Gasteiger partial charge in [0.05, 0.1) is 0 Å². The number of carbonyl (C=O) groups excluding carboxylic acids is 1. The number of ketones is 1. The summed E-state index contributed by atoms with van der Waals surface area (Å²) in [6.45, 7) is 1.28. The van der Waals surface area contributed by atoms with Crippen LogP contribution in [-0.2, 0) is 17.4 Å². The molecular weight excluding hydrogens is 231 g/mol. The molecule has 1 N–H and O–H groups in total. The number of hydrogen-bond acceptors (Lipinski definition) is 1. The number of nitrogens with one attached hydrogen (secondary N) is 1. The number of carbonyl (C=O) groups is 1. The molecule has 0 unspecified atom stereocenters. The number of rotatable bonds is 2. The van der Waals surface area contributed by atoms with Crippen LogP contribution in [0.4, 0.5) is 13.2 Å². The van der Waals surface area contributed by atoms with E-state index in [-0.39, 0.29) is 17.8 Å². The second-order valence-electron chi connectivity index (χ2n) is 3.90. The maximum absolute atomic E-state index is 12.8. The summed E-state index contributed by atoms with van der Waals surface area (Å²) in [5.74, 6) is -0.291. The molecule has 0 fully saturated rings. The first-order valence-electron chi connectivity index (χ1n) is 5.06. The average Bonchev–Trinajstić information content (AvgIpc) is 2.56. The maximum Gasteiger partial charge on any atom is 0.431 e. The SMILES string of the molecule is CC(=O)Cc1c(C(F)(F)F)[nH]c2ccccc12. The van der Waals surface area contributed by atoms with Gasteiger partial charge in [0.2, 0.25) is 0 Å². The van der Waals surface area contributed by atoms with Gasteiger partial charge in [0, 0.05) is 17.3 Å². The Hall–Kier alpha value is -1.78. The Morgan fingerprint density at radius 3 is 2.53 bits per heavy atom. The predicted molar refractivity (Wildman–Crippen MR) is 57.7 cm³/mol. The van der Waals surface area contributed by atoms with Crippen LogP contribution in [0.2, 0.25) is 0 Å². The number of alkyl halides is 3. The molecular formula is C12H10F3NO. The summed E-state index contributed by atoms with van der Waals surface area (Å²) in [5.41, 5.74) is -0.398. The second kappa shape index (κ2) is 3.91. The second-order valence-corrected chi connectivity index (χ2v) is 3.90. The molecule has 0 aliphatic rings. The Bertz CT molecular complexity index is 569. The summed E-state index contributed by atoms with van der Waals surface area (Å²) in [5, 5.41) is 0.454. The number of hydrogen-bond donors (Lipinski definition) is 1. The molecule has 0 radical (unpaired) electrons. The molecule has 90 valence electrons. The summed E-state index contributed by atoms with van der Waals surface area (Å²) in [6, 6.07) is 6.45. The van der Waals surface area contributed by atoms with Crippen LogP contribution in [0.5, 0.6) is 0 Å². The average molecular weight is 241 g/mol. The molecule has 0 aliphatic heterocycles. The molecule has 17 heavy (non-hydrogen) atoms. The highest BCUT2D eigenvalue weighted by Crippen LogP contribution is 2.35. The Kier molecular flexibility index (Phi) is 2.69. The number of fused-ring (bicyclic) bond motifs is 1. The highest BCUT2D eigenvalue weighted by molar-refractivity contribution is 5.90. The third-order valence-corrected chi connectivity index (χ3v) is 2.52. The lowest BCUT2D eigenvalue weighted by Crippen LogP contribution is -2.10. The molecule has 0 aliphatic carbocycles. The van der Waals surface area contributed by atoms with E-state index in [0.717, 1.165) is 0 Å². The van der Waals surface area contributed by atoms with Crippen molar-refractivity contribution in [1.29, 1.82) is 0 Å². The fraction of sp³-hybridized carbons (Fsp3) is 0.250. The molecule has 1 aromatic heterocycles. The number of aromatic amines is 1. The molecule has 0 bridgehead atoms. The van der Waals surface area contributed by atoms with Crippen LogP contribution in [0.1, 0.15) is 18.2 Å². The van der Waals surface area contributed by atoms with Crippen LogP contribution in [0, 0.1) is 0 Å². The van der Waals surface area contributed by atoms with Gasteiger partial charge in [-0.1, -0.05) is 18.2 Å². The third kappa shape index (κ3) is 2.18. The van der Waals surface area contributed by atoms with Gasteiger partial charge in [-0.15, -0.1) is 0 Å². The van der Waals surface area contributed by atoms with Crippen LogP contribution in [0.25, 0.3) is 10.9 Å². The lowest BCUT2D eigenvalue weighted by Gasteiger charge is -2.06. The monoisotopic (exact) mass is 241 g/mol. The molecule has 1 heterocycles. The minimum absolute atomic E-state index is 0.0283. The maximum atomic E-state index is 12.8. The van der Waals surface area contributed by atoms with E-state index in [9.17, 15) is 18.0 Å². The predicted octanol–water partition coefficient (Wildman–Crippen LogP) is 3.32. The molecule has 2 nitrogen and oxygen atoms in total. The molecule has 2 aromatic rings. The highest BCUT2D eigenvalue weighted by atomic mass is 19.4. The van der Waals surface area contributed by atoms with E-state index >= 15 is 0 Å². The van der Waals surface area contributed by atoms with Gasteiger partial charge in [-0.2, -0.15) is 13.2 Å². The van der Waals surface area contributed by atoms with Gasteiger partial charge in [0.15, 0.2) is 0 Å². The Labute approximate surface area is 95.4 Å². The number of para-hydroxylation sites is 1. The quantitative estimate of drug-likeness (QED) is 0.859. The molecule has 0 spiro atoms. The molecule has 0 atom stereocenters. The van der Waals surface area contributed by atoms with Gasteiger partial charge in [-0.25, -0.2) is 0 Å². The normalized spacial score (nSPS) is 12.0. The summed E-state index contributed by atoms with van der Waals surface area (Å²) >= 11 is 0. The standard InChI is InChI=1S/C12H10F3NO/c1-7(17)6-9-8-4-2-3-5-10(8)16-11(9)12(13,14)15/h2-5,16H,6H2,1H3. The Balaban J connectivity index is 2.69. The van der Waals surface area contributed by atoms with Crippen molar-refractivity contribution in [2.24, 2.45) is 0 Å². The molecule has 1 aromatic carbocycles. The highest BCUT2D eigenvalue weighted by Gasteiger charge is 2.36. The molecule has 0 saturated heterocycles. The van der Waals surface area contributed by atoms with E-state index in [0.29, 0.717) is 10.9 Å². The first kappa shape index (κ1) is 11.7. The fourth-order valence-electron chi connectivity index (χ4n) is 1.87. The van der Waals surface area contributed by atoms with Crippen LogP contribution >= 0.6 is 0 Å². The minimum Gasteiger partial charge on any atom is -0.351 e. The van der Waals surface area contributed by atoms with Gasteiger partial charge < -0.3 is 4.98 Å². The van der Waals surface area contributed by atoms with E-state index in [2.05, 4.69) is 4.98 Å². The van der Waals surface area contributed by atoms with Crippen molar-refractivity contribution in [1.82, 2.24) is 4.98 Å². The van der Waals surface area contributed by atoms with Crippen molar-refractivity contribution in [3.05, 3.63) is 35.5 Å². The number of Topliss-reactive ketones (excluding diaryl/α,β-unsaturated/α-hetero) is 1. The third-order valence-electron chi connectivity index (χ3n) is 2.52. The van der Waals surface area contributed by atoms with Crippen LogP contribution in [-0.4, -0.2) is 10.8 Å². The summed E-state index contributed by atoms with van der Waals surface area (Å²) in [6.07, 6.45) is -4.68. The van der Waals surface area contributed by atoms with Crippen LogP contribution < -0.4 is 0 Å². The van der Waals surface area contributed by atoms with Gasteiger partial charge >= 0.3 is 6.18 Å². The van der Waals surface area contributed by atoms with Gasteiger partial charge in [0.1, 0.15) is 11.5 Å². The first-order valence-corrected chi connectivity index (χ1v) is 5.06. The molecule has 5 heteroatoms. The lowest BCUT2D eigenvalue weighted by atomic mass is 10.1. The van der Waals surface area contributed by atoms with E-state index in [4.69, 9.17) is 0 Å². The van der Waals surface area contributed by atoms with E-state index in [1.165, 1.54) is 6.92 Å². The summed E-state index contributed by atoms with van der Waals surface area (Å²) in [7, 11) is 0. The lowest BCUT2D eigenvalue weighted by molar-refractivity contribution is -0.141. The molecule has 2 rings (SSSR count).